The van der Waals surface area contributed by atoms with Gasteiger partial charge in [0.2, 0.25) is 0 Å². The van der Waals surface area contributed by atoms with Gasteiger partial charge in [0.05, 0.1) is 17.7 Å². The third-order valence-corrected chi connectivity index (χ3v) is 4.86. The Morgan fingerprint density at radius 3 is 2.20 bits per heavy atom. The van der Waals surface area contributed by atoms with Crippen LogP contribution in [0.2, 0.25) is 0 Å². The van der Waals surface area contributed by atoms with Gasteiger partial charge in [0.25, 0.3) is 5.91 Å². The second-order valence-corrected chi connectivity index (χ2v) is 7.62. The van der Waals surface area contributed by atoms with Crippen molar-refractivity contribution in [1.29, 1.82) is 0 Å². The fourth-order valence-corrected chi connectivity index (χ4v) is 3.08. The van der Waals surface area contributed by atoms with Crippen molar-refractivity contribution in [2.45, 2.75) is 11.4 Å². The zero-order valence-corrected chi connectivity index (χ0v) is 14.4. The number of carbonyl (C=O) groups excluding carboxylic acids is 1. The largest absolute Gasteiger partial charge is 0.467 e. The Hall–Kier alpha value is -2.86. The van der Waals surface area contributed by atoms with Gasteiger partial charge in [0.1, 0.15) is 5.76 Å². The van der Waals surface area contributed by atoms with Crippen LogP contribution in [-0.2, 0) is 16.4 Å². The van der Waals surface area contributed by atoms with E-state index in [9.17, 15) is 13.2 Å². The molecule has 1 amide bonds. The third kappa shape index (κ3) is 3.97. The predicted molar refractivity (Wildman–Crippen MR) is 95.2 cm³/mol. The lowest BCUT2D eigenvalue weighted by Crippen LogP contribution is -2.30. The Balaban J connectivity index is 1.94. The normalized spacial score (nSPS) is 11.2. The van der Waals surface area contributed by atoms with Crippen LogP contribution in [0.1, 0.15) is 16.1 Å². The molecule has 0 aliphatic rings. The maximum Gasteiger partial charge on any atom is 0.258 e. The molecule has 6 heteroatoms. The number of para-hydroxylation sites is 1. The summed E-state index contributed by atoms with van der Waals surface area (Å²) in [5.41, 5.74) is 1.14. The van der Waals surface area contributed by atoms with E-state index >= 15 is 0 Å². The SMILES string of the molecule is CS(=O)(=O)c1ccc(C(=O)N(Cc2ccco2)c2ccccc2)cc1. The van der Waals surface area contributed by atoms with Gasteiger partial charge >= 0.3 is 0 Å². The summed E-state index contributed by atoms with van der Waals surface area (Å²) in [5, 5.41) is 0. The minimum atomic E-state index is -3.30. The molecule has 2 aromatic carbocycles. The number of amides is 1. The van der Waals surface area contributed by atoms with Crippen LogP contribution in [-0.4, -0.2) is 20.6 Å². The third-order valence-electron chi connectivity index (χ3n) is 3.74. The lowest BCUT2D eigenvalue weighted by atomic mass is 10.1. The molecule has 3 aromatic rings. The van der Waals surface area contributed by atoms with Gasteiger partial charge in [-0.3, -0.25) is 4.79 Å². The first-order chi connectivity index (χ1) is 11.9. The summed E-state index contributed by atoms with van der Waals surface area (Å²) in [6.07, 6.45) is 2.70. The Morgan fingerprint density at radius 1 is 0.960 bits per heavy atom. The summed E-state index contributed by atoms with van der Waals surface area (Å²) in [5.74, 6) is 0.424. The van der Waals surface area contributed by atoms with E-state index in [-0.39, 0.29) is 17.3 Å². The minimum absolute atomic E-state index is 0.182. The van der Waals surface area contributed by atoms with Crippen molar-refractivity contribution in [3.8, 4) is 0 Å². The van der Waals surface area contributed by atoms with Crippen LogP contribution in [0.4, 0.5) is 5.69 Å². The van der Waals surface area contributed by atoms with Crippen LogP contribution in [0.15, 0.2) is 82.3 Å². The molecule has 0 bridgehead atoms. The summed E-state index contributed by atoms with van der Waals surface area (Å²) in [4.78, 5) is 14.7. The quantitative estimate of drug-likeness (QED) is 0.702. The molecular formula is C19H17NO4S. The number of hydrogen-bond donors (Lipinski definition) is 0. The highest BCUT2D eigenvalue weighted by molar-refractivity contribution is 7.90. The summed E-state index contributed by atoms with van der Waals surface area (Å²) < 4.78 is 28.5. The molecule has 0 saturated heterocycles. The molecule has 0 aliphatic heterocycles. The second kappa shape index (κ2) is 6.94. The molecule has 5 nitrogen and oxygen atoms in total. The van der Waals surface area contributed by atoms with Crippen LogP contribution in [0, 0.1) is 0 Å². The van der Waals surface area contributed by atoms with Crippen LogP contribution >= 0.6 is 0 Å². The Labute approximate surface area is 146 Å². The number of furan rings is 1. The maximum atomic E-state index is 13.0. The molecule has 0 atom stereocenters. The summed E-state index contributed by atoms with van der Waals surface area (Å²) in [6, 6.07) is 18.8. The first kappa shape index (κ1) is 17.0. The van der Waals surface area contributed by atoms with Gasteiger partial charge in [-0.25, -0.2) is 8.42 Å². The molecule has 25 heavy (non-hydrogen) atoms. The highest BCUT2D eigenvalue weighted by atomic mass is 32.2. The lowest BCUT2D eigenvalue weighted by Gasteiger charge is -2.22. The van der Waals surface area contributed by atoms with Gasteiger partial charge in [0, 0.05) is 17.5 Å². The number of benzene rings is 2. The van der Waals surface area contributed by atoms with Crippen molar-refractivity contribution in [3.05, 3.63) is 84.3 Å². The van der Waals surface area contributed by atoms with Crippen molar-refractivity contribution < 1.29 is 17.6 Å². The fraction of sp³-hybridized carbons (Fsp3) is 0.105. The van der Waals surface area contributed by atoms with Crippen molar-refractivity contribution in [3.63, 3.8) is 0 Å². The highest BCUT2D eigenvalue weighted by Crippen LogP contribution is 2.21. The number of sulfone groups is 1. The average Bonchev–Trinajstić information content (AvgIpc) is 3.12. The summed E-state index contributed by atoms with van der Waals surface area (Å²) in [6.45, 7) is 0.281. The van der Waals surface area contributed by atoms with Gasteiger partial charge in [-0.05, 0) is 48.5 Å². The molecule has 128 valence electrons. The number of anilines is 1. The van der Waals surface area contributed by atoms with E-state index in [1.807, 2.05) is 30.3 Å². The Bertz CT molecular complexity index is 946. The minimum Gasteiger partial charge on any atom is -0.467 e. The van der Waals surface area contributed by atoms with Gasteiger partial charge in [0.15, 0.2) is 9.84 Å². The maximum absolute atomic E-state index is 13.0. The van der Waals surface area contributed by atoms with E-state index < -0.39 is 9.84 Å². The summed E-state index contributed by atoms with van der Waals surface area (Å²) in [7, 11) is -3.30. The van der Waals surface area contributed by atoms with E-state index in [2.05, 4.69) is 0 Å². The van der Waals surface area contributed by atoms with Crippen LogP contribution in [0.25, 0.3) is 0 Å². The van der Waals surface area contributed by atoms with Gasteiger partial charge < -0.3 is 9.32 Å². The second-order valence-electron chi connectivity index (χ2n) is 5.60. The molecule has 1 aromatic heterocycles. The first-order valence-electron chi connectivity index (χ1n) is 7.64. The number of nitrogens with zero attached hydrogens (tertiary/aromatic N) is 1. The van der Waals surface area contributed by atoms with Gasteiger partial charge in [-0.15, -0.1) is 0 Å². The van der Waals surface area contributed by atoms with E-state index in [1.165, 1.54) is 24.3 Å². The zero-order chi connectivity index (χ0) is 17.9. The van der Waals surface area contributed by atoms with Crippen molar-refractivity contribution in [2.75, 3.05) is 11.2 Å². The smallest absolute Gasteiger partial charge is 0.258 e. The molecule has 0 fully saturated rings. The molecule has 3 rings (SSSR count). The molecule has 0 radical (unpaired) electrons. The monoisotopic (exact) mass is 355 g/mol. The van der Waals surface area contributed by atoms with Crippen LogP contribution in [0.3, 0.4) is 0 Å². The van der Waals surface area contributed by atoms with E-state index in [0.29, 0.717) is 11.3 Å². The topological polar surface area (TPSA) is 67.6 Å². The Morgan fingerprint density at radius 2 is 1.64 bits per heavy atom. The average molecular weight is 355 g/mol. The van der Waals surface area contributed by atoms with E-state index in [4.69, 9.17) is 4.42 Å². The predicted octanol–water partition coefficient (Wildman–Crippen LogP) is 3.53. The summed E-state index contributed by atoms with van der Waals surface area (Å²) >= 11 is 0. The van der Waals surface area contributed by atoms with E-state index in [0.717, 1.165) is 11.9 Å². The van der Waals surface area contributed by atoms with Gasteiger partial charge in [-0.2, -0.15) is 0 Å². The van der Waals surface area contributed by atoms with Crippen LogP contribution in [0.5, 0.6) is 0 Å². The first-order valence-corrected chi connectivity index (χ1v) is 9.54. The lowest BCUT2D eigenvalue weighted by molar-refractivity contribution is 0.0983. The molecule has 0 N–H and O–H groups in total. The van der Waals surface area contributed by atoms with Crippen molar-refractivity contribution in [2.24, 2.45) is 0 Å². The van der Waals surface area contributed by atoms with Crippen LogP contribution < -0.4 is 4.90 Å². The molecule has 0 aliphatic carbocycles. The Kier molecular flexibility index (Phi) is 4.72. The molecule has 1 heterocycles. The van der Waals surface area contributed by atoms with Crippen molar-refractivity contribution >= 4 is 21.4 Å². The number of rotatable bonds is 5. The molecule has 0 spiro atoms. The molecular weight excluding hydrogens is 338 g/mol. The number of carbonyl (C=O) groups is 1. The zero-order valence-electron chi connectivity index (χ0n) is 13.6. The fourth-order valence-electron chi connectivity index (χ4n) is 2.45. The van der Waals surface area contributed by atoms with Crippen molar-refractivity contribution in [1.82, 2.24) is 0 Å². The standard InChI is InChI=1S/C19H17NO4S/c1-25(22,23)18-11-9-15(10-12-18)19(21)20(14-17-8-5-13-24-17)16-6-3-2-4-7-16/h2-13H,14H2,1H3. The number of hydrogen-bond acceptors (Lipinski definition) is 4. The van der Waals surface area contributed by atoms with Gasteiger partial charge in [-0.1, -0.05) is 18.2 Å². The van der Waals surface area contributed by atoms with E-state index in [1.54, 1.807) is 23.3 Å². The molecule has 0 unspecified atom stereocenters. The molecule has 0 saturated carbocycles. The highest BCUT2D eigenvalue weighted by Gasteiger charge is 2.19.